The fourth-order valence-electron chi connectivity index (χ4n) is 1.51. The van der Waals surface area contributed by atoms with Crippen molar-refractivity contribution in [3.63, 3.8) is 0 Å². The quantitative estimate of drug-likeness (QED) is 0.858. The first-order valence-corrected chi connectivity index (χ1v) is 4.70. The van der Waals surface area contributed by atoms with Gasteiger partial charge in [0.2, 0.25) is 0 Å². The van der Waals surface area contributed by atoms with Crippen LogP contribution in [0.15, 0.2) is 6.20 Å². The van der Waals surface area contributed by atoms with E-state index in [0.717, 1.165) is 6.20 Å². The molecule has 0 amide bonds. The number of rotatable bonds is 3. The second kappa shape index (κ2) is 4.87. The van der Waals surface area contributed by atoms with Crippen molar-refractivity contribution in [2.45, 2.75) is 25.9 Å². The van der Waals surface area contributed by atoms with Crippen molar-refractivity contribution in [1.82, 2.24) is 4.98 Å². The number of alkyl halides is 5. The molecule has 0 aliphatic rings. The van der Waals surface area contributed by atoms with Crippen LogP contribution < -0.4 is 0 Å². The Bertz CT molecular complexity index is 470. The van der Waals surface area contributed by atoms with Gasteiger partial charge in [-0.1, -0.05) is 0 Å². The van der Waals surface area contributed by atoms with Crippen molar-refractivity contribution in [3.8, 4) is 0 Å². The highest BCUT2D eigenvalue weighted by molar-refractivity contribution is 5.71. The molecule has 0 saturated heterocycles. The number of aryl methyl sites for hydroxylation is 1. The summed E-state index contributed by atoms with van der Waals surface area (Å²) in [5.74, 6) is -1.49. The zero-order valence-corrected chi connectivity index (χ0v) is 9.05. The second-order valence-electron chi connectivity index (χ2n) is 3.55. The summed E-state index contributed by atoms with van der Waals surface area (Å²) < 4.78 is 63.0. The first-order chi connectivity index (χ1) is 8.14. The van der Waals surface area contributed by atoms with Crippen LogP contribution in [0.1, 0.15) is 28.8 Å². The Morgan fingerprint density at radius 3 is 2.39 bits per heavy atom. The van der Waals surface area contributed by atoms with Gasteiger partial charge in [-0.15, -0.1) is 0 Å². The van der Waals surface area contributed by atoms with Gasteiger partial charge in [-0.3, -0.25) is 9.78 Å². The van der Waals surface area contributed by atoms with Crippen LogP contribution in [-0.2, 0) is 17.4 Å². The maximum Gasteiger partial charge on any atom is 0.433 e. The number of hydrogen-bond donors (Lipinski definition) is 1. The highest BCUT2D eigenvalue weighted by Crippen LogP contribution is 2.37. The lowest BCUT2D eigenvalue weighted by Crippen LogP contribution is -2.17. The Balaban J connectivity index is 3.52. The molecule has 3 nitrogen and oxygen atoms in total. The third-order valence-electron chi connectivity index (χ3n) is 2.26. The Labute approximate surface area is 98.3 Å². The molecule has 0 bridgehead atoms. The van der Waals surface area contributed by atoms with Gasteiger partial charge >= 0.3 is 12.1 Å². The summed E-state index contributed by atoms with van der Waals surface area (Å²) in [4.78, 5) is 13.5. The summed E-state index contributed by atoms with van der Waals surface area (Å²) in [6.07, 6.45) is -8.65. The maximum atomic E-state index is 12.7. The van der Waals surface area contributed by atoms with E-state index in [1.165, 1.54) is 6.92 Å². The predicted molar refractivity (Wildman–Crippen MR) is 50.3 cm³/mol. The number of hydrogen-bond acceptors (Lipinski definition) is 2. The smallest absolute Gasteiger partial charge is 0.433 e. The molecule has 0 aliphatic heterocycles. The van der Waals surface area contributed by atoms with Crippen molar-refractivity contribution in [1.29, 1.82) is 0 Å². The minimum absolute atomic E-state index is 0.0132. The van der Waals surface area contributed by atoms with Gasteiger partial charge in [0, 0.05) is 6.20 Å². The summed E-state index contributed by atoms with van der Waals surface area (Å²) >= 11 is 0. The highest BCUT2D eigenvalue weighted by Gasteiger charge is 2.39. The minimum atomic E-state index is -5.05. The third kappa shape index (κ3) is 2.93. The lowest BCUT2D eigenvalue weighted by molar-refractivity contribution is -0.143. The summed E-state index contributed by atoms with van der Waals surface area (Å²) in [5.41, 5.74) is -3.65. The molecule has 0 aliphatic carbocycles. The van der Waals surface area contributed by atoms with Crippen LogP contribution in [0.2, 0.25) is 0 Å². The van der Waals surface area contributed by atoms with Gasteiger partial charge in [-0.25, -0.2) is 8.78 Å². The SMILES string of the molecule is Cc1cnc(C(F)(F)F)c(C(F)F)c1CC(=O)O. The molecular weight excluding hydrogens is 261 g/mol. The molecule has 1 rings (SSSR count). The number of carboxylic acid groups (broad SMARTS) is 1. The summed E-state index contributed by atoms with van der Waals surface area (Å²) in [5, 5.41) is 8.54. The van der Waals surface area contributed by atoms with Crippen LogP contribution >= 0.6 is 0 Å². The molecular formula is C10H8F5NO2. The molecule has 8 heteroatoms. The zero-order valence-electron chi connectivity index (χ0n) is 9.05. The van der Waals surface area contributed by atoms with E-state index in [1.54, 1.807) is 0 Å². The minimum Gasteiger partial charge on any atom is -0.481 e. The third-order valence-corrected chi connectivity index (χ3v) is 2.26. The number of pyridine rings is 1. The molecule has 18 heavy (non-hydrogen) atoms. The standard InChI is InChI=1S/C10H8F5NO2/c1-4-3-16-8(10(13,14)15)7(9(11)12)5(4)2-6(17)18/h3,9H,2H2,1H3,(H,17,18). The molecule has 0 unspecified atom stereocenters. The molecule has 1 aromatic heterocycles. The molecule has 0 spiro atoms. The lowest BCUT2D eigenvalue weighted by atomic mass is 9.99. The van der Waals surface area contributed by atoms with Crippen molar-refractivity contribution in [3.05, 3.63) is 28.6 Å². The number of halogens is 5. The lowest BCUT2D eigenvalue weighted by Gasteiger charge is -2.16. The van der Waals surface area contributed by atoms with E-state index >= 15 is 0 Å². The number of carbonyl (C=O) groups is 1. The molecule has 0 radical (unpaired) electrons. The maximum absolute atomic E-state index is 12.7. The van der Waals surface area contributed by atoms with Crippen LogP contribution in [0.25, 0.3) is 0 Å². The van der Waals surface area contributed by atoms with Gasteiger partial charge < -0.3 is 5.11 Å². The monoisotopic (exact) mass is 269 g/mol. The molecule has 1 N–H and O–H groups in total. The molecule has 0 aromatic carbocycles. The number of aromatic nitrogens is 1. The van der Waals surface area contributed by atoms with Crippen LogP contribution in [0, 0.1) is 6.92 Å². The van der Waals surface area contributed by atoms with Gasteiger partial charge in [-0.2, -0.15) is 13.2 Å². The largest absolute Gasteiger partial charge is 0.481 e. The van der Waals surface area contributed by atoms with E-state index in [4.69, 9.17) is 5.11 Å². The molecule has 0 fully saturated rings. The van der Waals surface area contributed by atoms with E-state index in [-0.39, 0.29) is 5.56 Å². The van der Waals surface area contributed by atoms with Crippen molar-refractivity contribution >= 4 is 5.97 Å². The first-order valence-electron chi connectivity index (χ1n) is 4.70. The summed E-state index contributed by atoms with van der Waals surface area (Å²) in [6.45, 7) is 1.23. The Hall–Kier alpha value is -1.73. The first kappa shape index (κ1) is 14.3. The van der Waals surface area contributed by atoms with E-state index in [1.807, 2.05) is 0 Å². The average molecular weight is 269 g/mol. The molecule has 100 valence electrons. The highest BCUT2D eigenvalue weighted by atomic mass is 19.4. The Morgan fingerprint density at radius 2 is 2.00 bits per heavy atom. The van der Waals surface area contributed by atoms with Gasteiger partial charge in [0.15, 0.2) is 5.69 Å². The molecule has 1 aromatic rings. The van der Waals surface area contributed by atoms with Crippen LogP contribution in [-0.4, -0.2) is 16.1 Å². The molecule has 1 heterocycles. The zero-order chi connectivity index (χ0) is 14.1. The van der Waals surface area contributed by atoms with Gasteiger partial charge in [-0.05, 0) is 18.1 Å². The van der Waals surface area contributed by atoms with Crippen LogP contribution in [0.5, 0.6) is 0 Å². The Kier molecular flexibility index (Phi) is 3.88. The van der Waals surface area contributed by atoms with Crippen LogP contribution in [0.3, 0.4) is 0 Å². The van der Waals surface area contributed by atoms with Gasteiger partial charge in [0.25, 0.3) is 6.43 Å². The Morgan fingerprint density at radius 1 is 1.44 bits per heavy atom. The number of nitrogens with zero attached hydrogens (tertiary/aromatic N) is 1. The van der Waals surface area contributed by atoms with Crippen molar-refractivity contribution in [2.75, 3.05) is 0 Å². The fourth-order valence-corrected chi connectivity index (χ4v) is 1.51. The van der Waals surface area contributed by atoms with E-state index in [0.29, 0.717) is 0 Å². The topological polar surface area (TPSA) is 50.2 Å². The molecule has 0 saturated carbocycles. The summed E-state index contributed by atoms with van der Waals surface area (Å²) in [7, 11) is 0. The fraction of sp³-hybridized carbons (Fsp3) is 0.400. The van der Waals surface area contributed by atoms with Crippen molar-refractivity contribution in [2.24, 2.45) is 0 Å². The van der Waals surface area contributed by atoms with E-state index < -0.39 is 41.8 Å². The van der Waals surface area contributed by atoms with E-state index in [9.17, 15) is 26.7 Å². The van der Waals surface area contributed by atoms with Crippen LogP contribution in [0.4, 0.5) is 22.0 Å². The predicted octanol–water partition coefficient (Wildman–Crippen LogP) is 2.97. The van der Waals surface area contributed by atoms with Gasteiger partial charge in [0.1, 0.15) is 0 Å². The van der Waals surface area contributed by atoms with E-state index in [2.05, 4.69) is 4.98 Å². The number of aliphatic carboxylic acids is 1. The second-order valence-corrected chi connectivity index (χ2v) is 3.55. The van der Waals surface area contributed by atoms with Crippen molar-refractivity contribution < 1.29 is 31.9 Å². The average Bonchev–Trinajstić information content (AvgIpc) is 2.17. The molecule has 0 atom stereocenters. The normalized spacial score (nSPS) is 11.9. The summed E-state index contributed by atoms with van der Waals surface area (Å²) in [6, 6.07) is 0. The number of carboxylic acids is 1. The van der Waals surface area contributed by atoms with Gasteiger partial charge in [0.05, 0.1) is 12.0 Å².